The van der Waals surface area contributed by atoms with E-state index in [1.165, 1.54) is 43.3 Å². The molecule has 0 aromatic heterocycles. The van der Waals surface area contributed by atoms with Crippen molar-refractivity contribution in [3.63, 3.8) is 0 Å². The Balaban J connectivity index is 1.90. The summed E-state index contributed by atoms with van der Waals surface area (Å²) in [5.41, 5.74) is 0.184. The quantitative estimate of drug-likeness (QED) is 0.629. The Kier molecular flexibility index (Phi) is 7.25. The summed E-state index contributed by atoms with van der Waals surface area (Å²) in [4.78, 5) is 23.8. The van der Waals surface area contributed by atoms with Crippen LogP contribution in [0.4, 0.5) is 5.69 Å². The number of carbonyl (C=O) groups excluding carboxylic acids is 2. The fourth-order valence-electron chi connectivity index (χ4n) is 2.01. The van der Waals surface area contributed by atoms with Gasteiger partial charge in [0.2, 0.25) is 10.0 Å². The molecule has 150 valence electrons. The highest BCUT2D eigenvalue weighted by Gasteiger charge is 2.19. The summed E-state index contributed by atoms with van der Waals surface area (Å²) in [6.07, 6.45) is -1.16. The molecule has 0 fully saturated rings. The first-order chi connectivity index (χ1) is 13.1. The van der Waals surface area contributed by atoms with Gasteiger partial charge in [0, 0.05) is 10.7 Å². The molecule has 3 N–H and O–H groups in total. The third-order valence-corrected chi connectivity index (χ3v) is 4.79. The van der Waals surface area contributed by atoms with Crippen LogP contribution in [-0.2, 0) is 24.3 Å². The van der Waals surface area contributed by atoms with Gasteiger partial charge in [-0.15, -0.1) is 0 Å². The van der Waals surface area contributed by atoms with Crippen molar-refractivity contribution >= 4 is 50.8 Å². The molecule has 0 heterocycles. The van der Waals surface area contributed by atoms with Crippen LogP contribution in [0.3, 0.4) is 0 Å². The summed E-state index contributed by atoms with van der Waals surface area (Å²) in [6, 6.07) is 9.84. The van der Waals surface area contributed by atoms with Crippen molar-refractivity contribution in [2.75, 3.05) is 11.9 Å². The van der Waals surface area contributed by atoms with Crippen LogP contribution < -0.4 is 15.2 Å². The van der Waals surface area contributed by atoms with Crippen LogP contribution in [0.15, 0.2) is 47.4 Å². The molecule has 0 aliphatic carbocycles. The van der Waals surface area contributed by atoms with E-state index in [-0.39, 0.29) is 21.4 Å². The Morgan fingerprint density at radius 2 is 1.89 bits per heavy atom. The minimum absolute atomic E-state index is 0.164. The molecular weight excluding hydrogens is 431 g/mol. The maximum atomic E-state index is 12.1. The van der Waals surface area contributed by atoms with Crippen molar-refractivity contribution in [1.82, 2.24) is 0 Å². The summed E-state index contributed by atoms with van der Waals surface area (Å²) in [5, 5.41) is 8.11. The van der Waals surface area contributed by atoms with Crippen LogP contribution in [0, 0.1) is 0 Å². The number of anilines is 1. The predicted octanol–water partition coefficient (Wildman–Crippen LogP) is 2.59. The lowest BCUT2D eigenvalue weighted by molar-refractivity contribution is -0.155. The second-order valence-electron chi connectivity index (χ2n) is 5.56. The molecule has 1 unspecified atom stereocenters. The van der Waals surface area contributed by atoms with E-state index in [1.807, 2.05) is 0 Å². The monoisotopic (exact) mass is 446 g/mol. The smallest absolute Gasteiger partial charge is 0.344 e. The summed E-state index contributed by atoms with van der Waals surface area (Å²) >= 11 is 11.7. The van der Waals surface area contributed by atoms with Gasteiger partial charge in [-0.3, -0.25) is 4.79 Å². The van der Waals surface area contributed by atoms with Crippen LogP contribution >= 0.6 is 23.2 Å². The summed E-state index contributed by atoms with van der Waals surface area (Å²) in [6.45, 7) is 0.881. The molecule has 1 amide bonds. The van der Waals surface area contributed by atoms with Crippen LogP contribution in [0.2, 0.25) is 10.0 Å². The molecule has 0 spiro atoms. The van der Waals surface area contributed by atoms with Gasteiger partial charge >= 0.3 is 5.97 Å². The van der Waals surface area contributed by atoms with Crippen LogP contribution in [-0.4, -0.2) is 33.0 Å². The Labute approximate surface area is 171 Å². The highest BCUT2D eigenvalue weighted by Crippen LogP contribution is 2.27. The summed E-state index contributed by atoms with van der Waals surface area (Å²) in [5.74, 6) is -1.23. The maximum Gasteiger partial charge on any atom is 0.344 e. The molecule has 0 radical (unpaired) electrons. The summed E-state index contributed by atoms with van der Waals surface area (Å²) in [7, 11) is -3.91. The number of nitrogens with two attached hydrogens (primary N) is 1. The third-order valence-electron chi connectivity index (χ3n) is 3.35. The van der Waals surface area contributed by atoms with Gasteiger partial charge in [-0.2, -0.15) is 0 Å². The predicted molar refractivity (Wildman–Crippen MR) is 104 cm³/mol. The first-order valence-electron chi connectivity index (χ1n) is 7.77. The van der Waals surface area contributed by atoms with E-state index in [9.17, 15) is 18.0 Å². The van der Waals surface area contributed by atoms with Gasteiger partial charge in [0.15, 0.2) is 12.7 Å². The third kappa shape index (κ3) is 6.38. The molecule has 2 rings (SSSR count). The SMILES string of the molecule is CC(OC(=O)COc1ccc(Cl)cc1Cl)C(=O)Nc1cccc(S(N)(=O)=O)c1. The molecule has 28 heavy (non-hydrogen) atoms. The molecule has 0 aliphatic heterocycles. The first-order valence-corrected chi connectivity index (χ1v) is 10.1. The van der Waals surface area contributed by atoms with Gasteiger partial charge in [-0.05, 0) is 43.3 Å². The number of rotatable bonds is 7. The molecule has 0 saturated carbocycles. The number of primary sulfonamides is 1. The Morgan fingerprint density at radius 1 is 1.18 bits per heavy atom. The zero-order valence-electron chi connectivity index (χ0n) is 14.5. The Hall–Kier alpha value is -2.33. The molecule has 11 heteroatoms. The number of benzene rings is 2. The zero-order valence-corrected chi connectivity index (χ0v) is 16.8. The average molecular weight is 447 g/mol. The largest absolute Gasteiger partial charge is 0.480 e. The van der Waals surface area contributed by atoms with Gasteiger partial charge in [-0.1, -0.05) is 29.3 Å². The number of amides is 1. The molecule has 2 aromatic carbocycles. The average Bonchev–Trinajstić information content (AvgIpc) is 2.60. The minimum Gasteiger partial charge on any atom is -0.480 e. The fourth-order valence-corrected chi connectivity index (χ4v) is 3.03. The van der Waals surface area contributed by atoms with Crippen molar-refractivity contribution in [3.05, 3.63) is 52.5 Å². The van der Waals surface area contributed by atoms with E-state index >= 15 is 0 Å². The minimum atomic E-state index is -3.91. The molecule has 2 aromatic rings. The lowest BCUT2D eigenvalue weighted by Crippen LogP contribution is -2.31. The fraction of sp³-hybridized carbons (Fsp3) is 0.176. The Morgan fingerprint density at radius 3 is 2.54 bits per heavy atom. The van der Waals surface area contributed by atoms with Crippen LogP contribution in [0.5, 0.6) is 5.75 Å². The number of halogens is 2. The lowest BCUT2D eigenvalue weighted by atomic mass is 10.3. The zero-order chi connectivity index (χ0) is 20.9. The molecular formula is C17H16Cl2N2O6S. The molecule has 0 aliphatic rings. The number of hydrogen-bond acceptors (Lipinski definition) is 6. The van der Waals surface area contributed by atoms with Crippen molar-refractivity contribution < 1.29 is 27.5 Å². The van der Waals surface area contributed by atoms with E-state index in [4.69, 9.17) is 37.8 Å². The van der Waals surface area contributed by atoms with E-state index in [1.54, 1.807) is 6.07 Å². The second-order valence-corrected chi connectivity index (χ2v) is 7.96. The highest BCUT2D eigenvalue weighted by atomic mass is 35.5. The van der Waals surface area contributed by atoms with Crippen molar-refractivity contribution in [2.24, 2.45) is 5.14 Å². The van der Waals surface area contributed by atoms with Crippen molar-refractivity contribution in [3.8, 4) is 5.75 Å². The second kappa shape index (κ2) is 9.24. The number of carbonyl (C=O) groups is 2. The number of ether oxygens (including phenoxy) is 2. The molecule has 1 atom stereocenters. The summed E-state index contributed by atoms with van der Waals surface area (Å²) < 4.78 is 32.9. The normalized spacial score (nSPS) is 12.1. The van der Waals surface area contributed by atoms with Crippen LogP contribution in [0.25, 0.3) is 0 Å². The number of nitrogens with one attached hydrogen (secondary N) is 1. The Bertz CT molecular complexity index is 997. The van der Waals surface area contributed by atoms with Crippen LogP contribution in [0.1, 0.15) is 6.92 Å². The number of esters is 1. The lowest BCUT2D eigenvalue weighted by Gasteiger charge is -2.14. The van der Waals surface area contributed by atoms with E-state index < -0.39 is 34.6 Å². The maximum absolute atomic E-state index is 12.1. The first kappa shape index (κ1) is 22.0. The molecule has 8 nitrogen and oxygen atoms in total. The van der Waals surface area contributed by atoms with Gasteiger partial charge in [0.05, 0.1) is 9.92 Å². The van der Waals surface area contributed by atoms with E-state index in [2.05, 4.69) is 5.32 Å². The highest BCUT2D eigenvalue weighted by molar-refractivity contribution is 7.89. The molecule has 0 bridgehead atoms. The number of sulfonamides is 1. The van der Waals surface area contributed by atoms with Gasteiger partial charge in [0.1, 0.15) is 5.75 Å². The van der Waals surface area contributed by atoms with E-state index in [0.717, 1.165) is 0 Å². The van der Waals surface area contributed by atoms with Gasteiger partial charge < -0.3 is 14.8 Å². The number of hydrogen-bond donors (Lipinski definition) is 2. The van der Waals surface area contributed by atoms with E-state index in [0.29, 0.717) is 5.02 Å². The molecule has 0 saturated heterocycles. The van der Waals surface area contributed by atoms with Crippen molar-refractivity contribution in [1.29, 1.82) is 0 Å². The van der Waals surface area contributed by atoms with Gasteiger partial charge in [-0.25, -0.2) is 18.4 Å². The standard InChI is InChI=1S/C17H16Cl2N2O6S/c1-10(17(23)21-12-3-2-4-13(8-12)28(20,24)25)27-16(22)9-26-15-6-5-11(18)7-14(15)19/h2-8,10H,9H2,1H3,(H,21,23)(H2,20,24,25). The topological polar surface area (TPSA) is 125 Å². The van der Waals surface area contributed by atoms with Crippen molar-refractivity contribution in [2.45, 2.75) is 17.9 Å². The van der Waals surface area contributed by atoms with Gasteiger partial charge in [0.25, 0.3) is 5.91 Å².